The van der Waals surface area contributed by atoms with Crippen molar-refractivity contribution in [3.8, 4) is 17.0 Å². The summed E-state index contributed by atoms with van der Waals surface area (Å²) in [6.07, 6.45) is 5.48. The molecule has 1 aromatic carbocycles. The van der Waals surface area contributed by atoms with Gasteiger partial charge in [0.2, 0.25) is 5.91 Å². The molecule has 0 aliphatic carbocycles. The van der Waals surface area contributed by atoms with Crippen molar-refractivity contribution in [3.05, 3.63) is 78.2 Å². The van der Waals surface area contributed by atoms with Gasteiger partial charge in [-0.2, -0.15) is 0 Å². The number of nitrogens with one attached hydrogen (secondary N) is 1. The lowest BCUT2D eigenvalue weighted by molar-refractivity contribution is -0.120. The zero-order chi connectivity index (χ0) is 17.5. The van der Waals surface area contributed by atoms with Gasteiger partial charge in [-0.3, -0.25) is 14.8 Å². The van der Waals surface area contributed by atoms with Gasteiger partial charge in [0.25, 0.3) is 0 Å². The number of pyridine rings is 2. The summed E-state index contributed by atoms with van der Waals surface area (Å²) in [4.78, 5) is 20.8. The number of aromatic nitrogens is 2. The number of benzene rings is 1. The molecule has 0 spiro atoms. The normalized spacial score (nSPS) is 10.3. The van der Waals surface area contributed by atoms with E-state index in [1.54, 1.807) is 25.7 Å². The second-order valence-electron chi connectivity index (χ2n) is 5.51. The highest BCUT2D eigenvalue weighted by Gasteiger charge is 2.10. The molecule has 0 saturated carbocycles. The highest BCUT2D eigenvalue weighted by Crippen LogP contribution is 2.20. The Morgan fingerprint density at radius 3 is 2.56 bits per heavy atom. The number of carbonyl (C=O) groups excluding carboxylic acids is 1. The van der Waals surface area contributed by atoms with Crippen LogP contribution in [-0.2, 0) is 17.8 Å². The summed E-state index contributed by atoms with van der Waals surface area (Å²) in [5, 5.41) is 2.96. The van der Waals surface area contributed by atoms with Crippen molar-refractivity contribution >= 4 is 5.91 Å². The molecule has 1 N–H and O–H groups in total. The Morgan fingerprint density at radius 2 is 1.76 bits per heavy atom. The van der Waals surface area contributed by atoms with Gasteiger partial charge in [-0.25, -0.2) is 0 Å². The van der Waals surface area contributed by atoms with Gasteiger partial charge in [-0.05, 0) is 29.8 Å². The van der Waals surface area contributed by atoms with Crippen LogP contribution in [0.1, 0.15) is 11.1 Å². The van der Waals surface area contributed by atoms with E-state index in [1.165, 1.54) is 0 Å². The highest BCUT2D eigenvalue weighted by atomic mass is 16.5. The van der Waals surface area contributed by atoms with Crippen molar-refractivity contribution in [1.29, 1.82) is 0 Å². The smallest absolute Gasteiger partial charge is 0.224 e. The van der Waals surface area contributed by atoms with E-state index in [2.05, 4.69) is 15.3 Å². The third-order valence-corrected chi connectivity index (χ3v) is 3.86. The van der Waals surface area contributed by atoms with Crippen LogP contribution in [0, 0.1) is 0 Å². The Labute approximate surface area is 146 Å². The number of hydrogen-bond acceptors (Lipinski definition) is 4. The lowest BCUT2D eigenvalue weighted by atomic mass is 10.1. The van der Waals surface area contributed by atoms with E-state index >= 15 is 0 Å². The molecule has 0 fully saturated rings. The number of amides is 1. The van der Waals surface area contributed by atoms with Crippen LogP contribution < -0.4 is 10.1 Å². The fraction of sp³-hybridized carbons (Fsp3) is 0.150. The lowest BCUT2D eigenvalue weighted by Gasteiger charge is -2.11. The van der Waals surface area contributed by atoms with Gasteiger partial charge in [-0.1, -0.05) is 24.3 Å². The van der Waals surface area contributed by atoms with E-state index in [4.69, 9.17) is 4.74 Å². The van der Waals surface area contributed by atoms with Gasteiger partial charge in [0.05, 0.1) is 19.2 Å². The Bertz CT molecular complexity index is 850. The van der Waals surface area contributed by atoms with Crippen molar-refractivity contribution in [3.63, 3.8) is 0 Å². The first-order valence-electron chi connectivity index (χ1n) is 8.01. The molecule has 0 saturated heterocycles. The van der Waals surface area contributed by atoms with Crippen LogP contribution in [0.25, 0.3) is 11.3 Å². The fourth-order valence-electron chi connectivity index (χ4n) is 2.63. The maximum atomic E-state index is 12.3. The second-order valence-corrected chi connectivity index (χ2v) is 5.51. The molecule has 0 aliphatic heterocycles. The van der Waals surface area contributed by atoms with Crippen molar-refractivity contribution < 1.29 is 9.53 Å². The van der Waals surface area contributed by atoms with Crippen molar-refractivity contribution in [2.45, 2.75) is 13.0 Å². The van der Waals surface area contributed by atoms with Crippen LogP contribution in [0.3, 0.4) is 0 Å². The first kappa shape index (κ1) is 16.6. The van der Waals surface area contributed by atoms with E-state index in [1.807, 2.05) is 48.5 Å². The predicted octanol–water partition coefficient (Wildman–Crippen LogP) is 3.01. The third kappa shape index (κ3) is 4.20. The van der Waals surface area contributed by atoms with Crippen molar-refractivity contribution in [1.82, 2.24) is 15.3 Å². The number of carbonyl (C=O) groups is 1. The van der Waals surface area contributed by atoms with Gasteiger partial charge in [-0.15, -0.1) is 0 Å². The molecule has 5 nitrogen and oxygen atoms in total. The lowest BCUT2D eigenvalue weighted by Crippen LogP contribution is -2.25. The van der Waals surface area contributed by atoms with Crippen LogP contribution in [0.2, 0.25) is 0 Å². The number of methoxy groups -OCH3 is 1. The molecule has 1 amide bonds. The van der Waals surface area contributed by atoms with Crippen molar-refractivity contribution in [2.75, 3.05) is 7.11 Å². The number of para-hydroxylation sites is 1. The first-order chi connectivity index (χ1) is 12.3. The summed E-state index contributed by atoms with van der Waals surface area (Å²) in [6, 6.07) is 15.2. The summed E-state index contributed by atoms with van der Waals surface area (Å²) >= 11 is 0. The first-order valence-corrected chi connectivity index (χ1v) is 8.01. The molecule has 2 heterocycles. The molecule has 0 bridgehead atoms. The molecule has 0 atom stereocenters. The maximum absolute atomic E-state index is 12.3. The molecule has 5 heteroatoms. The molecule has 25 heavy (non-hydrogen) atoms. The van der Waals surface area contributed by atoms with Crippen LogP contribution >= 0.6 is 0 Å². The minimum Gasteiger partial charge on any atom is -0.496 e. The van der Waals surface area contributed by atoms with E-state index < -0.39 is 0 Å². The summed E-state index contributed by atoms with van der Waals surface area (Å²) in [5.41, 5.74) is 3.65. The van der Waals surface area contributed by atoms with Crippen LogP contribution in [0.4, 0.5) is 0 Å². The maximum Gasteiger partial charge on any atom is 0.224 e. The van der Waals surface area contributed by atoms with Gasteiger partial charge in [0, 0.05) is 36.3 Å². The zero-order valence-electron chi connectivity index (χ0n) is 14.0. The minimum atomic E-state index is -0.0611. The summed E-state index contributed by atoms with van der Waals surface area (Å²) in [7, 11) is 1.60. The largest absolute Gasteiger partial charge is 0.496 e. The zero-order valence-corrected chi connectivity index (χ0v) is 14.0. The van der Waals surface area contributed by atoms with Crippen LogP contribution in [-0.4, -0.2) is 23.0 Å². The minimum absolute atomic E-state index is 0.0611. The molecule has 126 valence electrons. The molecule has 2 aromatic heterocycles. The highest BCUT2D eigenvalue weighted by molar-refractivity contribution is 5.79. The molecule has 3 rings (SSSR count). The number of hydrogen-bond donors (Lipinski definition) is 1. The summed E-state index contributed by atoms with van der Waals surface area (Å²) in [6.45, 7) is 0.416. The quantitative estimate of drug-likeness (QED) is 0.753. The molecule has 3 aromatic rings. The molecule has 0 unspecified atom stereocenters. The molecule has 0 radical (unpaired) electrons. The fourth-order valence-corrected chi connectivity index (χ4v) is 2.63. The molecular weight excluding hydrogens is 314 g/mol. The average molecular weight is 333 g/mol. The van der Waals surface area contributed by atoms with Gasteiger partial charge < -0.3 is 10.1 Å². The molecule has 0 aliphatic rings. The number of nitrogens with zero attached hydrogens (tertiary/aromatic N) is 2. The Morgan fingerprint density at radius 1 is 1.00 bits per heavy atom. The standard InChI is InChI=1S/C20H19N3O2/c1-25-18-7-3-2-5-16(18)13-19(24)23-14-17-6-4-10-22-20(17)15-8-11-21-12-9-15/h2-12H,13-14H2,1H3,(H,23,24). The van der Waals surface area contributed by atoms with E-state index in [9.17, 15) is 4.79 Å². The number of rotatable bonds is 6. The predicted molar refractivity (Wildman–Crippen MR) is 96.0 cm³/mol. The molecular formula is C20H19N3O2. The third-order valence-electron chi connectivity index (χ3n) is 3.86. The monoisotopic (exact) mass is 333 g/mol. The Hall–Kier alpha value is -3.21. The van der Waals surface area contributed by atoms with Crippen LogP contribution in [0.5, 0.6) is 5.75 Å². The SMILES string of the molecule is COc1ccccc1CC(=O)NCc1cccnc1-c1ccncc1. The van der Waals surface area contributed by atoms with Crippen LogP contribution in [0.15, 0.2) is 67.1 Å². The topological polar surface area (TPSA) is 64.1 Å². The van der Waals surface area contributed by atoms with Crippen molar-refractivity contribution in [2.24, 2.45) is 0 Å². The Kier molecular flexibility index (Phi) is 5.36. The average Bonchev–Trinajstić information content (AvgIpc) is 2.68. The van der Waals surface area contributed by atoms with E-state index in [0.717, 1.165) is 28.1 Å². The summed E-state index contributed by atoms with van der Waals surface area (Å²) < 4.78 is 5.29. The van der Waals surface area contributed by atoms with Gasteiger partial charge in [0.1, 0.15) is 5.75 Å². The Balaban J connectivity index is 1.69. The van der Waals surface area contributed by atoms with Gasteiger partial charge >= 0.3 is 0 Å². The van der Waals surface area contributed by atoms with E-state index in [0.29, 0.717) is 6.54 Å². The van der Waals surface area contributed by atoms with E-state index in [-0.39, 0.29) is 12.3 Å². The summed E-state index contributed by atoms with van der Waals surface area (Å²) in [5.74, 6) is 0.658. The number of ether oxygens (including phenoxy) is 1. The second kappa shape index (κ2) is 8.06. The van der Waals surface area contributed by atoms with Gasteiger partial charge in [0.15, 0.2) is 0 Å².